The van der Waals surface area contributed by atoms with E-state index in [1.807, 2.05) is 23.6 Å². The molecule has 1 heterocycles. The molecule has 0 fully saturated rings. The molecule has 0 radical (unpaired) electrons. The number of amides is 1. The van der Waals surface area contributed by atoms with Crippen LogP contribution in [-0.2, 0) is 12.8 Å². The molecule has 1 N–H and O–H groups in total. The summed E-state index contributed by atoms with van der Waals surface area (Å²) in [5.74, 6) is -0.188. The van der Waals surface area contributed by atoms with Gasteiger partial charge in [-0.25, -0.2) is 0 Å². The van der Waals surface area contributed by atoms with Crippen LogP contribution in [-0.4, -0.2) is 18.2 Å². The maximum atomic E-state index is 12.3. The number of benzene rings is 1. The lowest BCUT2D eigenvalue weighted by atomic mass is 9.95. The van der Waals surface area contributed by atoms with Gasteiger partial charge in [0.25, 0.3) is 5.91 Å². The maximum Gasteiger partial charge on any atom is 0.252 e. The lowest BCUT2D eigenvalue weighted by molar-refractivity contribution is 0.0903. The first-order valence-electron chi connectivity index (χ1n) is 7.21. The van der Waals surface area contributed by atoms with Gasteiger partial charge >= 0.3 is 0 Å². The molecule has 3 nitrogen and oxygen atoms in total. The molecule has 0 unspecified atom stereocenters. The predicted molar refractivity (Wildman–Crippen MR) is 84.1 cm³/mol. The second-order valence-electron chi connectivity index (χ2n) is 5.23. The number of ketones is 1. The monoisotopic (exact) mass is 299 g/mol. The predicted octanol–water partition coefficient (Wildman–Crippen LogP) is 3.24. The van der Waals surface area contributed by atoms with Crippen molar-refractivity contribution in [1.29, 1.82) is 0 Å². The van der Waals surface area contributed by atoms with Gasteiger partial charge in [0.2, 0.25) is 0 Å². The topological polar surface area (TPSA) is 46.2 Å². The normalized spacial score (nSPS) is 13.5. The summed E-state index contributed by atoms with van der Waals surface area (Å²) in [5, 5.41) is 4.68. The van der Waals surface area contributed by atoms with Crippen LogP contribution in [0, 0.1) is 0 Å². The zero-order chi connectivity index (χ0) is 14.7. The minimum absolute atomic E-state index is 0.0491. The van der Waals surface area contributed by atoms with Crippen LogP contribution in [0.25, 0.3) is 0 Å². The van der Waals surface area contributed by atoms with Gasteiger partial charge in [0.15, 0.2) is 5.78 Å². The van der Waals surface area contributed by atoms with Crippen molar-refractivity contribution in [2.45, 2.75) is 25.7 Å². The summed E-state index contributed by atoms with van der Waals surface area (Å²) in [6.07, 6.45) is 4.42. The molecule has 0 saturated heterocycles. The number of rotatable bonds is 4. The van der Waals surface area contributed by atoms with Crippen LogP contribution in [0.3, 0.4) is 0 Å². The van der Waals surface area contributed by atoms with E-state index in [1.54, 1.807) is 23.5 Å². The minimum atomic E-state index is -0.126. The Labute approximate surface area is 128 Å². The van der Waals surface area contributed by atoms with Crippen molar-refractivity contribution in [3.05, 3.63) is 57.3 Å². The number of aryl methyl sites for hydroxylation is 1. The molecule has 0 saturated carbocycles. The quantitative estimate of drug-likeness (QED) is 0.881. The van der Waals surface area contributed by atoms with E-state index in [0.717, 1.165) is 24.8 Å². The third-order valence-corrected chi connectivity index (χ3v) is 4.90. The highest BCUT2D eigenvalue weighted by Crippen LogP contribution is 2.30. The number of hydrogen-bond donors (Lipinski definition) is 1. The standard InChI is InChI=1S/C17H17NO2S/c19-15(12-6-2-1-3-7-12)10-18-17(20)14-11-21-16-9-5-4-8-13(14)16/h1-3,6-7,11H,4-5,8-10H2,(H,18,20). The highest BCUT2D eigenvalue weighted by Gasteiger charge is 2.20. The van der Waals surface area contributed by atoms with Crippen molar-refractivity contribution in [3.63, 3.8) is 0 Å². The van der Waals surface area contributed by atoms with E-state index in [-0.39, 0.29) is 18.2 Å². The molecule has 2 aromatic rings. The summed E-state index contributed by atoms with van der Waals surface area (Å²) >= 11 is 1.67. The fraction of sp³-hybridized carbons (Fsp3) is 0.294. The van der Waals surface area contributed by atoms with Gasteiger partial charge in [0.1, 0.15) is 0 Å². The molecule has 1 aliphatic rings. The number of nitrogens with one attached hydrogen (secondary N) is 1. The largest absolute Gasteiger partial charge is 0.345 e. The number of carbonyl (C=O) groups is 2. The molecular weight excluding hydrogens is 282 g/mol. The molecule has 4 heteroatoms. The molecule has 1 amide bonds. The van der Waals surface area contributed by atoms with E-state index < -0.39 is 0 Å². The summed E-state index contributed by atoms with van der Waals surface area (Å²) in [5.41, 5.74) is 2.58. The van der Waals surface area contributed by atoms with E-state index in [1.165, 1.54) is 16.9 Å². The number of carbonyl (C=O) groups excluding carboxylic acids is 2. The Morgan fingerprint density at radius 2 is 1.86 bits per heavy atom. The van der Waals surface area contributed by atoms with Crippen LogP contribution < -0.4 is 5.32 Å². The molecule has 1 aromatic carbocycles. The lowest BCUT2D eigenvalue weighted by Gasteiger charge is -2.12. The number of thiophene rings is 1. The summed E-state index contributed by atoms with van der Waals surface area (Å²) < 4.78 is 0. The third kappa shape index (κ3) is 3.05. The highest BCUT2D eigenvalue weighted by atomic mass is 32.1. The molecule has 0 bridgehead atoms. The van der Waals surface area contributed by atoms with Crippen molar-refractivity contribution in [1.82, 2.24) is 5.32 Å². The van der Waals surface area contributed by atoms with Crippen LogP contribution in [0.2, 0.25) is 0 Å². The molecule has 0 spiro atoms. The molecule has 1 aromatic heterocycles. The summed E-state index contributed by atoms with van der Waals surface area (Å²) in [7, 11) is 0. The Balaban J connectivity index is 1.65. The van der Waals surface area contributed by atoms with Gasteiger partial charge in [0.05, 0.1) is 12.1 Å². The van der Waals surface area contributed by atoms with Gasteiger partial charge in [-0.15, -0.1) is 11.3 Å². The summed E-state index contributed by atoms with van der Waals surface area (Å²) in [4.78, 5) is 25.6. The molecule has 21 heavy (non-hydrogen) atoms. The SMILES string of the molecule is O=C(CNC(=O)c1csc2c1CCCC2)c1ccccc1. The molecule has 0 atom stereocenters. The van der Waals surface area contributed by atoms with Crippen LogP contribution in [0.5, 0.6) is 0 Å². The summed E-state index contributed by atoms with van der Waals surface area (Å²) in [6, 6.07) is 9.05. The van der Waals surface area contributed by atoms with Crippen molar-refractivity contribution >= 4 is 23.0 Å². The van der Waals surface area contributed by atoms with Crippen LogP contribution in [0.1, 0.15) is 44.0 Å². The van der Waals surface area contributed by atoms with Gasteiger partial charge < -0.3 is 5.32 Å². The van der Waals surface area contributed by atoms with Gasteiger partial charge in [0, 0.05) is 15.8 Å². The second kappa shape index (κ2) is 6.22. The third-order valence-electron chi connectivity index (χ3n) is 3.81. The van der Waals surface area contributed by atoms with Gasteiger partial charge in [-0.3, -0.25) is 9.59 Å². The van der Waals surface area contributed by atoms with Crippen LogP contribution >= 0.6 is 11.3 Å². The van der Waals surface area contributed by atoms with Crippen molar-refractivity contribution in [3.8, 4) is 0 Å². The van der Waals surface area contributed by atoms with E-state index in [9.17, 15) is 9.59 Å². The highest BCUT2D eigenvalue weighted by molar-refractivity contribution is 7.10. The van der Waals surface area contributed by atoms with Crippen molar-refractivity contribution < 1.29 is 9.59 Å². The lowest BCUT2D eigenvalue weighted by Crippen LogP contribution is -2.30. The van der Waals surface area contributed by atoms with E-state index in [4.69, 9.17) is 0 Å². The van der Waals surface area contributed by atoms with Crippen molar-refractivity contribution in [2.24, 2.45) is 0 Å². The van der Waals surface area contributed by atoms with Crippen molar-refractivity contribution in [2.75, 3.05) is 6.54 Å². The molecule has 3 rings (SSSR count). The minimum Gasteiger partial charge on any atom is -0.345 e. The Hall–Kier alpha value is -1.94. The fourth-order valence-electron chi connectivity index (χ4n) is 2.67. The number of Topliss-reactive ketones (excluding diaryl/α,β-unsaturated/α-hetero) is 1. The van der Waals surface area contributed by atoms with Gasteiger partial charge in [-0.05, 0) is 31.2 Å². The van der Waals surface area contributed by atoms with Gasteiger partial charge in [-0.2, -0.15) is 0 Å². The number of fused-ring (bicyclic) bond motifs is 1. The van der Waals surface area contributed by atoms with E-state index in [2.05, 4.69) is 5.32 Å². The molecule has 108 valence electrons. The molecule has 0 aliphatic heterocycles. The smallest absolute Gasteiger partial charge is 0.252 e. The fourth-order valence-corrected chi connectivity index (χ4v) is 3.79. The van der Waals surface area contributed by atoms with E-state index in [0.29, 0.717) is 5.56 Å². The van der Waals surface area contributed by atoms with E-state index >= 15 is 0 Å². The molecule has 1 aliphatic carbocycles. The average molecular weight is 299 g/mol. The zero-order valence-electron chi connectivity index (χ0n) is 11.7. The first kappa shape index (κ1) is 14.0. The Morgan fingerprint density at radius 3 is 2.67 bits per heavy atom. The zero-order valence-corrected chi connectivity index (χ0v) is 12.5. The average Bonchev–Trinajstić information content (AvgIpc) is 2.97. The Kier molecular flexibility index (Phi) is 4.15. The first-order chi connectivity index (χ1) is 10.3. The van der Waals surface area contributed by atoms with Crippen LogP contribution in [0.4, 0.5) is 0 Å². The Morgan fingerprint density at radius 1 is 1.10 bits per heavy atom. The van der Waals surface area contributed by atoms with Crippen LogP contribution in [0.15, 0.2) is 35.7 Å². The number of hydrogen-bond acceptors (Lipinski definition) is 3. The summed E-state index contributed by atoms with van der Waals surface area (Å²) in [6.45, 7) is 0.0491. The first-order valence-corrected chi connectivity index (χ1v) is 8.09. The Bertz CT molecular complexity index is 661. The maximum absolute atomic E-state index is 12.3. The second-order valence-corrected chi connectivity index (χ2v) is 6.19. The molecular formula is C17H17NO2S. The van der Waals surface area contributed by atoms with Gasteiger partial charge in [-0.1, -0.05) is 30.3 Å².